The molecule has 1 aliphatic rings. The van der Waals surface area contributed by atoms with Gasteiger partial charge in [-0.3, -0.25) is 13.9 Å². The van der Waals surface area contributed by atoms with Crippen LogP contribution < -0.4 is 11.2 Å². The first kappa shape index (κ1) is 22.8. The topological polar surface area (TPSA) is 95.5 Å². The lowest BCUT2D eigenvalue weighted by Crippen LogP contribution is -2.38. The summed E-state index contributed by atoms with van der Waals surface area (Å²) in [5.74, 6) is 2.11. The van der Waals surface area contributed by atoms with Crippen LogP contribution in [0.5, 0.6) is 0 Å². The molecule has 5 unspecified atom stereocenters. The van der Waals surface area contributed by atoms with Crippen LogP contribution in [0, 0.1) is 11.3 Å². The van der Waals surface area contributed by atoms with Crippen LogP contribution in [0.2, 0.25) is 0 Å². The minimum Gasteiger partial charge on any atom is -0.352 e. The van der Waals surface area contributed by atoms with E-state index in [1.807, 2.05) is 13.8 Å². The second kappa shape index (κ2) is 10.9. The molecule has 1 aliphatic heterocycles. The van der Waals surface area contributed by atoms with E-state index in [-0.39, 0.29) is 17.8 Å². The second-order valence-corrected chi connectivity index (χ2v) is 10.2. The van der Waals surface area contributed by atoms with Gasteiger partial charge < -0.3 is 13.8 Å². The van der Waals surface area contributed by atoms with Crippen molar-refractivity contribution >= 4 is 26.9 Å². The van der Waals surface area contributed by atoms with Crippen LogP contribution in [0.4, 0.5) is 0 Å². The van der Waals surface area contributed by atoms with E-state index in [2.05, 4.69) is 24.1 Å². The molecule has 0 N–H and O–H groups in total. The first-order chi connectivity index (χ1) is 13.4. The van der Waals surface area contributed by atoms with E-state index < -0.39 is 27.5 Å². The third kappa shape index (κ3) is 5.76. The third-order valence-corrected chi connectivity index (χ3v) is 8.41. The van der Waals surface area contributed by atoms with Crippen LogP contribution in [-0.4, -0.2) is 45.9 Å². The minimum atomic E-state index is -1.27. The highest BCUT2D eigenvalue weighted by molar-refractivity contribution is 7.80. The molecule has 2 rings (SSSR count). The Bertz CT molecular complexity index is 911. The predicted octanol–water partition coefficient (Wildman–Crippen LogP) is 2.57. The van der Waals surface area contributed by atoms with Gasteiger partial charge in [-0.2, -0.15) is 5.26 Å². The van der Waals surface area contributed by atoms with Gasteiger partial charge in [0.15, 0.2) is 0 Å². The number of hydrogen-bond acceptors (Lipinski definition) is 6. The Morgan fingerprint density at radius 1 is 1.46 bits per heavy atom. The van der Waals surface area contributed by atoms with E-state index in [4.69, 9.17) is 19.0 Å². The Balaban J connectivity index is 2.20. The second-order valence-electron chi connectivity index (χ2n) is 6.39. The number of nitriles is 1. The van der Waals surface area contributed by atoms with Crippen LogP contribution in [-0.2, 0) is 20.8 Å². The van der Waals surface area contributed by atoms with Gasteiger partial charge in [-0.05, 0) is 20.0 Å². The summed E-state index contributed by atoms with van der Waals surface area (Å²) in [6.07, 6.45) is 2.09. The van der Waals surface area contributed by atoms with Crippen LogP contribution in [0.1, 0.15) is 39.3 Å². The number of rotatable bonds is 8. The maximum absolute atomic E-state index is 12.4. The van der Waals surface area contributed by atoms with Gasteiger partial charge in [0.05, 0.1) is 31.3 Å². The highest BCUT2D eigenvalue weighted by Gasteiger charge is 2.38. The minimum absolute atomic E-state index is 0.180. The quantitative estimate of drug-likeness (QED) is 0.468. The summed E-state index contributed by atoms with van der Waals surface area (Å²) in [7, 11) is -0.255. The molecule has 0 amide bonds. The van der Waals surface area contributed by atoms with Crippen molar-refractivity contribution in [3.05, 3.63) is 33.1 Å². The van der Waals surface area contributed by atoms with Gasteiger partial charge in [-0.1, -0.05) is 12.7 Å². The number of ether oxygens (including phenoxy) is 1. The van der Waals surface area contributed by atoms with E-state index in [9.17, 15) is 9.59 Å². The molecule has 8 nitrogen and oxygen atoms in total. The molecule has 1 aromatic rings. The predicted molar refractivity (Wildman–Crippen MR) is 113 cm³/mol. The maximum atomic E-state index is 12.4. The molecule has 1 saturated heterocycles. The lowest BCUT2D eigenvalue weighted by molar-refractivity contribution is -0.0184. The molecule has 154 valence electrons. The maximum Gasteiger partial charge on any atom is 0.332 e. The molecular weight excluding hydrogens is 400 g/mol. The van der Waals surface area contributed by atoms with E-state index in [1.165, 1.54) is 23.9 Å². The Hall–Kier alpha value is -1.48. The number of nitrogens with zero attached hydrogens (tertiary/aromatic N) is 3. The zero-order chi connectivity index (χ0) is 20.7. The molecule has 0 spiro atoms. The monoisotopic (exact) mass is 427 g/mol. The first-order valence-electron chi connectivity index (χ1n) is 9.17. The summed E-state index contributed by atoms with van der Waals surface area (Å²) in [6.45, 7) is 6.43. The van der Waals surface area contributed by atoms with E-state index in [1.54, 1.807) is 0 Å². The van der Waals surface area contributed by atoms with Crippen molar-refractivity contribution in [1.29, 1.82) is 5.26 Å². The molecule has 2 heterocycles. The SMILES string of the molecule is CC=P(C)=CP(OCCC#N)OC1CC(n2ccc(=O)n(C)c2=O)OC1CC. The molecule has 0 aromatic carbocycles. The molecular formula is C18H27N3O5P2. The Labute approximate surface area is 166 Å². The fraction of sp³-hybridized carbons (Fsp3) is 0.611. The summed E-state index contributed by atoms with van der Waals surface area (Å²) in [5.41, 5.74) is 1.31. The van der Waals surface area contributed by atoms with E-state index in [0.717, 1.165) is 11.0 Å². The fourth-order valence-electron chi connectivity index (χ4n) is 2.77. The van der Waals surface area contributed by atoms with Crippen molar-refractivity contribution in [3.8, 4) is 6.07 Å². The zero-order valence-electron chi connectivity index (χ0n) is 16.6. The Kier molecular flexibility index (Phi) is 8.88. The van der Waals surface area contributed by atoms with Crippen LogP contribution >= 0.6 is 15.5 Å². The molecule has 0 radical (unpaired) electrons. The van der Waals surface area contributed by atoms with Crippen LogP contribution in [0.15, 0.2) is 21.9 Å². The standard InChI is InChI=1S/C18H27N3O5P2/c1-5-14-15(26-28(13-27(4)6-2)24-11-7-9-19)12-17(25-14)21-10-8-16(22)20(3)18(21)23/h6,8,10,13-15,17H,5,7,11-12H2,1-4H3. The van der Waals surface area contributed by atoms with Crippen LogP contribution in [0.25, 0.3) is 0 Å². The van der Waals surface area contributed by atoms with Crippen molar-refractivity contribution in [2.75, 3.05) is 13.3 Å². The fourth-order valence-corrected chi connectivity index (χ4v) is 5.80. The van der Waals surface area contributed by atoms with E-state index >= 15 is 0 Å². The van der Waals surface area contributed by atoms with Crippen molar-refractivity contribution in [3.63, 3.8) is 0 Å². The average Bonchev–Trinajstić information content (AvgIpc) is 3.08. The van der Waals surface area contributed by atoms with Gasteiger partial charge in [0, 0.05) is 31.3 Å². The Morgan fingerprint density at radius 2 is 2.21 bits per heavy atom. The normalized spacial score (nSPS) is 23.7. The molecule has 1 aromatic heterocycles. The van der Waals surface area contributed by atoms with Gasteiger partial charge in [-0.25, -0.2) is 4.79 Å². The van der Waals surface area contributed by atoms with Crippen molar-refractivity contribution < 1.29 is 13.8 Å². The van der Waals surface area contributed by atoms with Gasteiger partial charge in [0.1, 0.15) is 6.23 Å². The van der Waals surface area contributed by atoms with Crippen molar-refractivity contribution in [1.82, 2.24) is 9.13 Å². The largest absolute Gasteiger partial charge is 0.352 e. The number of hydrogen-bond donors (Lipinski definition) is 0. The molecule has 10 heteroatoms. The highest BCUT2D eigenvalue weighted by Crippen LogP contribution is 2.44. The summed E-state index contributed by atoms with van der Waals surface area (Å²) in [4.78, 5) is 24.0. The molecule has 0 bridgehead atoms. The van der Waals surface area contributed by atoms with Crippen molar-refractivity contribution in [2.45, 2.75) is 51.5 Å². The highest BCUT2D eigenvalue weighted by atomic mass is 31.2. The summed E-state index contributed by atoms with van der Waals surface area (Å²) < 4.78 is 20.6. The lowest BCUT2D eigenvalue weighted by Gasteiger charge is -2.21. The van der Waals surface area contributed by atoms with Gasteiger partial charge in [-0.15, -0.1) is 7.17 Å². The number of aromatic nitrogens is 2. The third-order valence-electron chi connectivity index (χ3n) is 4.46. The van der Waals surface area contributed by atoms with Crippen molar-refractivity contribution in [2.24, 2.45) is 7.05 Å². The molecule has 0 saturated carbocycles. The zero-order valence-corrected chi connectivity index (χ0v) is 18.4. The van der Waals surface area contributed by atoms with Gasteiger partial charge in [0.25, 0.3) is 5.56 Å². The summed E-state index contributed by atoms with van der Waals surface area (Å²) in [6, 6.07) is 3.43. The van der Waals surface area contributed by atoms with E-state index in [0.29, 0.717) is 19.4 Å². The smallest absolute Gasteiger partial charge is 0.332 e. The molecule has 0 aliphatic carbocycles. The molecule has 28 heavy (non-hydrogen) atoms. The summed E-state index contributed by atoms with van der Waals surface area (Å²) in [5, 5.41) is 8.75. The molecule has 1 fully saturated rings. The summed E-state index contributed by atoms with van der Waals surface area (Å²) >= 11 is 0. The molecule has 5 atom stereocenters. The lowest BCUT2D eigenvalue weighted by atomic mass is 10.1. The van der Waals surface area contributed by atoms with Crippen LogP contribution in [0.3, 0.4) is 0 Å². The van der Waals surface area contributed by atoms with Gasteiger partial charge in [0.2, 0.25) is 8.38 Å². The Morgan fingerprint density at radius 3 is 2.86 bits per heavy atom. The average molecular weight is 427 g/mol. The van der Waals surface area contributed by atoms with Gasteiger partial charge >= 0.3 is 5.69 Å². The first-order valence-corrected chi connectivity index (χ1v) is 12.3.